The van der Waals surface area contributed by atoms with Crippen molar-refractivity contribution in [3.8, 4) is 0 Å². The number of nitrogens with one attached hydrogen (secondary N) is 1. The number of ether oxygens (including phenoxy) is 1. The molecule has 0 saturated heterocycles. The number of Topliss-reactive ketones (excluding diaryl/α,β-unsaturated/α-hetero) is 1. The number of aromatic nitrogens is 1. The molecule has 2 aromatic carbocycles. The number of anilines is 1. The predicted octanol–water partition coefficient (Wildman–Crippen LogP) is 4.57. The number of likely N-dealkylation sites (N-methyl/N-ethyl adjacent to an activating group) is 1. The molecule has 37 heavy (non-hydrogen) atoms. The maximum absolute atomic E-state index is 13.6. The molecule has 1 aliphatic rings. The highest BCUT2D eigenvalue weighted by Crippen LogP contribution is 2.28. The molecule has 8 nitrogen and oxygen atoms in total. The van der Waals surface area contributed by atoms with E-state index in [1.165, 1.54) is 29.3 Å². The van der Waals surface area contributed by atoms with Crippen molar-refractivity contribution in [3.05, 3.63) is 65.6 Å². The molecule has 0 aliphatic heterocycles. The van der Waals surface area contributed by atoms with Gasteiger partial charge in [-0.15, -0.1) is 0 Å². The average molecular weight is 508 g/mol. The van der Waals surface area contributed by atoms with Crippen LogP contribution in [0.2, 0.25) is 0 Å². The summed E-state index contributed by atoms with van der Waals surface area (Å²) in [6.07, 6.45) is 6.35. The molecule has 2 amide bonds. The minimum absolute atomic E-state index is 0.0131. The first kappa shape index (κ1) is 26.1. The zero-order chi connectivity index (χ0) is 26.5. The van der Waals surface area contributed by atoms with Gasteiger partial charge in [0.15, 0.2) is 0 Å². The number of carbonyl (C=O) groups excluding carboxylic acids is 4. The number of ketones is 1. The summed E-state index contributed by atoms with van der Waals surface area (Å²) >= 11 is 0. The number of nitrogens with zero attached hydrogens (tertiary/aromatic N) is 2. The van der Waals surface area contributed by atoms with Gasteiger partial charge < -0.3 is 19.5 Å². The van der Waals surface area contributed by atoms with Crippen LogP contribution >= 0.6 is 0 Å². The summed E-state index contributed by atoms with van der Waals surface area (Å²) in [5.74, 6) is -2.84. The van der Waals surface area contributed by atoms with Crippen LogP contribution < -0.4 is 5.32 Å². The van der Waals surface area contributed by atoms with E-state index in [4.69, 9.17) is 4.74 Å². The Balaban J connectivity index is 1.67. The molecular weight excluding hydrogens is 477 g/mol. The maximum Gasteiger partial charge on any atom is 0.325 e. The lowest BCUT2D eigenvalue weighted by atomic mass is 9.94. The number of fused-ring (bicyclic) bond motifs is 1. The lowest BCUT2D eigenvalue weighted by Crippen LogP contribution is -2.42. The van der Waals surface area contributed by atoms with Gasteiger partial charge in [-0.3, -0.25) is 19.2 Å². The van der Waals surface area contributed by atoms with Crippen LogP contribution in [0.1, 0.15) is 59.7 Å². The molecule has 0 bridgehead atoms. The quantitative estimate of drug-likeness (QED) is 0.274. The van der Waals surface area contributed by atoms with Gasteiger partial charge in [0.1, 0.15) is 12.4 Å². The molecule has 0 atom stereocenters. The Kier molecular flexibility index (Phi) is 8.01. The first-order valence-electron chi connectivity index (χ1n) is 12.5. The summed E-state index contributed by atoms with van der Waals surface area (Å²) in [5, 5.41) is 3.12. The Bertz CT molecular complexity index is 1340. The van der Waals surface area contributed by atoms with Crippen LogP contribution in [0.4, 0.5) is 10.1 Å². The van der Waals surface area contributed by atoms with Gasteiger partial charge in [0.05, 0.1) is 12.2 Å². The molecular formula is C28H30FN3O5. The summed E-state index contributed by atoms with van der Waals surface area (Å²) < 4.78 is 20.2. The SMILES string of the molecule is CCOC(=O)Cn1cc(C(=O)C(=O)N(C)C2CCCCC2)c2cc(NC(=O)c3cccc(F)c3)ccc21. The molecule has 0 spiro atoms. The maximum atomic E-state index is 13.6. The first-order valence-corrected chi connectivity index (χ1v) is 12.5. The monoisotopic (exact) mass is 507 g/mol. The fourth-order valence-electron chi connectivity index (χ4n) is 4.77. The molecule has 1 saturated carbocycles. The molecule has 0 unspecified atom stereocenters. The first-order chi connectivity index (χ1) is 17.8. The fourth-order valence-corrected chi connectivity index (χ4v) is 4.77. The third-order valence-electron chi connectivity index (χ3n) is 6.71. The van der Waals surface area contributed by atoms with Crippen LogP contribution in [-0.4, -0.2) is 52.7 Å². The number of amides is 2. The highest BCUT2D eigenvalue weighted by molar-refractivity contribution is 6.45. The Morgan fingerprint density at radius 3 is 2.54 bits per heavy atom. The second-order valence-electron chi connectivity index (χ2n) is 9.21. The second-order valence-corrected chi connectivity index (χ2v) is 9.21. The van der Waals surface area contributed by atoms with Crippen LogP contribution in [0.25, 0.3) is 10.9 Å². The zero-order valence-corrected chi connectivity index (χ0v) is 21.0. The summed E-state index contributed by atoms with van der Waals surface area (Å²) in [6.45, 7) is 1.78. The lowest BCUT2D eigenvalue weighted by molar-refractivity contribution is -0.143. The number of carbonyl (C=O) groups is 4. The molecule has 1 aromatic heterocycles. The van der Waals surface area contributed by atoms with Crippen LogP contribution in [0.3, 0.4) is 0 Å². The number of rotatable bonds is 8. The van der Waals surface area contributed by atoms with Gasteiger partial charge in [-0.25, -0.2) is 4.39 Å². The van der Waals surface area contributed by atoms with E-state index in [0.29, 0.717) is 16.6 Å². The van der Waals surface area contributed by atoms with Crippen molar-refractivity contribution in [2.75, 3.05) is 19.0 Å². The van der Waals surface area contributed by atoms with Crippen molar-refractivity contribution in [2.24, 2.45) is 0 Å². The lowest BCUT2D eigenvalue weighted by Gasteiger charge is -2.30. The van der Waals surface area contributed by atoms with Crippen molar-refractivity contribution in [1.82, 2.24) is 9.47 Å². The van der Waals surface area contributed by atoms with Crippen LogP contribution in [0.5, 0.6) is 0 Å². The van der Waals surface area contributed by atoms with E-state index in [9.17, 15) is 23.6 Å². The Labute approximate surface area is 214 Å². The van der Waals surface area contributed by atoms with E-state index in [2.05, 4.69) is 5.32 Å². The number of esters is 1. The fraction of sp³-hybridized carbons (Fsp3) is 0.357. The Morgan fingerprint density at radius 2 is 1.84 bits per heavy atom. The minimum Gasteiger partial charge on any atom is -0.465 e. The average Bonchev–Trinajstić information content (AvgIpc) is 3.25. The van der Waals surface area contributed by atoms with E-state index < -0.39 is 29.4 Å². The van der Waals surface area contributed by atoms with Crippen molar-refractivity contribution in [1.29, 1.82) is 0 Å². The summed E-state index contributed by atoms with van der Waals surface area (Å²) in [7, 11) is 1.65. The van der Waals surface area contributed by atoms with E-state index in [0.717, 1.165) is 38.2 Å². The summed E-state index contributed by atoms with van der Waals surface area (Å²) in [4.78, 5) is 52.9. The molecule has 1 fully saturated rings. The molecule has 9 heteroatoms. The molecule has 3 aromatic rings. The summed E-state index contributed by atoms with van der Waals surface area (Å²) in [5.41, 5.74) is 1.17. The predicted molar refractivity (Wildman–Crippen MR) is 137 cm³/mol. The van der Waals surface area contributed by atoms with E-state index in [1.807, 2.05) is 0 Å². The van der Waals surface area contributed by atoms with Gasteiger partial charge in [-0.2, -0.15) is 0 Å². The van der Waals surface area contributed by atoms with Gasteiger partial charge in [0.25, 0.3) is 17.6 Å². The van der Waals surface area contributed by atoms with Crippen LogP contribution in [0.15, 0.2) is 48.7 Å². The van der Waals surface area contributed by atoms with Crippen LogP contribution in [0, 0.1) is 5.82 Å². The Hall–Kier alpha value is -4.01. The van der Waals surface area contributed by atoms with E-state index in [1.54, 1.807) is 36.7 Å². The second kappa shape index (κ2) is 11.4. The smallest absolute Gasteiger partial charge is 0.325 e. The number of hydrogen-bond acceptors (Lipinski definition) is 5. The molecule has 1 heterocycles. The normalized spacial score (nSPS) is 13.8. The van der Waals surface area contributed by atoms with Gasteiger partial charge in [-0.05, 0) is 56.2 Å². The molecule has 1 N–H and O–H groups in total. The van der Waals surface area contributed by atoms with Crippen molar-refractivity contribution in [2.45, 2.75) is 51.6 Å². The molecule has 4 rings (SSSR count). The third kappa shape index (κ3) is 5.87. The van der Waals surface area contributed by atoms with Crippen LogP contribution in [-0.2, 0) is 20.9 Å². The largest absolute Gasteiger partial charge is 0.465 e. The highest BCUT2D eigenvalue weighted by atomic mass is 19.1. The van der Waals surface area contributed by atoms with E-state index >= 15 is 0 Å². The summed E-state index contributed by atoms with van der Waals surface area (Å²) in [6, 6.07) is 10.2. The zero-order valence-electron chi connectivity index (χ0n) is 21.0. The molecule has 0 radical (unpaired) electrons. The molecule has 194 valence electrons. The highest BCUT2D eigenvalue weighted by Gasteiger charge is 2.30. The number of hydrogen-bond donors (Lipinski definition) is 1. The van der Waals surface area contributed by atoms with Crippen molar-refractivity contribution >= 4 is 40.2 Å². The minimum atomic E-state index is -0.686. The van der Waals surface area contributed by atoms with Crippen molar-refractivity contribution < 1.29 is 28.3 Å². The van der Waals surface area contributed by atoms with Gasteiger partial charge >= 0.3 is 5.97 Å². The van der Waals surface area contributed by atoms with Gasteiger partial charge in [-0.1, -0.05) is 25.3 Å². The van der Waals surface area contributed by atoms with Crippen molar-refractivity contribution in [3.63, 3.8) is 0 Å². The number of benzene rings is 2. The topological polar surface area (TPSA) is 97.7 Å². The standard InChI is InChI=1S/C28H30FN3O5/c1-3-37-25(33)17-32-16-23(26(34)28(36)31(2)21-10-5-4-6-11-21)22-15-20(12-13-24(22)32)30-27(35)18-8-7-9-19(29)14-18/h7-9,12-16,21H,3-6,10-11,17H2,1-2H3,(H,30,35). The van der Waals surface area contributed by atoms with Gasteiger partial charge in [0.2, 0.25) is 0 Å². The Morgan fingerprint density at radius 1 is 1.08 bits per heavy atom. The third-order valence-corrected chi connectivity index (χ3v) is 6.71. The number of halogens is 1. The van der Waals surface area contributed by atoms with E-state index in [-0.39, 0.29) is 30.3 Å². The molecule has 1 aliphatic carbocycles. The van der Waals surface area contributed by atoms with Gasteiger partial charge in [0, 0.05) is 41.4 Å².